The number of hydrogen-bond acceptors (Lipinski definition) is 1. The van der Waals surface area contributed by atoms with Crippen LogP contribution in [-0.2, 0) is 4.79 Å². The van der Waals surface area contributed by atoms with Crippen LogP contribution in [0.15, 0.2) is 0 Å². The Labute approximate surface area is 91.4 Å². The number of amides is 1. The zero-order valence-corrected chi connectivity index (χ0v) is 9.65. The summed E-state index contributed by atoms with van der Waals surface area (Å²) in [6, 6.07) is 0. The van der Waals surface area contributed by atoms with E-state index >= 15 is 0 Å². The summed E-state index contributed by atoms with van der Waals surface area (Å²) in [5, 5.41) is 3.20. The van der Waals surface area contributed by atoms with Crippen molar-refractivity contribution in [1.82, 2.24) is 5.32 Å². The van der Waals surface area contributed by atoms with E-state index in [1.807, 2.05) is 6.92 Å². The van der Waals surface area contributed by atoms with Crippen LogP contribution in [0.4, 0.5) is 0 Å². The van der Waals surface area contributed by atoms with E-state index in [2.05, 4.69) is 5.32 Å². The molecule has 1 aliphatic rings. The SMILES string of the molecule is CC(Cl)CCCNC(=O)C1CCCC1. The van der Waals surface area contributed by atoms with Gasteiger partial charge >= 0.3 is 0 Å². The zero-order valence-electron chi connectivity index (χ0n) is 8.89. The number of nitrogens with one attached hydrogen (secondary N) is 1. The second kappa shape index (κ2) is 6.28. The predicted molar refractivity (Wildman–Crippen MR) is 59.5 cm³/mol. The Balaban J connectivity index is 2.03. The first kappa shape index (κ1) is 11.8. The van der Waals surface area contributed by atoms with Crippen molar-refractivity contribution in [3.63, 3.8) is 0 Å². The van der Waals surface area contributed by atoms with Gasteiger partial charge in [-0.2, -0.15) is 0 Å². The quantitative estimate of drug-likeness (QED) is 0.557. The van der Waals surface area contributed by atoms with Crippen LogP contribution in [0.5, 0.6) is 0 Å². The number of halogens is 1. The van der Waals surface area contributed by atoms with Crippen LogP contribution in [0.1, 0.15) is 45.4 Å². The molecule has 1 aliphatic carbocycles. The topological polar surface area (TPSA) is 29.1 Å². The van der Waals surface area contributed by atoms with Crippen molar-refractivity contribution in [3.8, 4) is 0 Å². The maximum absolute atomic E-state index is 11.5. The fraction of sp³-hybridized carbons (Fsp3) is 0.909. The average molecular weight is 218 g/mol. The van der Waals surface area contributed by atoms with Gasteiger partial charge in [-0.3, -0.25) is 4.79 Å². The van der Waals surface area contributed by atoms with Crippen LogP contribution in [-0.4, -0.2) is 17.8 Å². The Bertz CT molecular complexity index is 176. The van der Waals surface area contributed by atoms with E-state index < -0.39 is 0 Å². The van der Waals surface area contributed by atoms with Crippen LogP contribution in [0.2, 0.25) is 0 Å². The van der Waals surface area contributed by atoms with E-state index in [-0.39, 0.29) is 11.3 Å². The summed E-state index contributed by atoms with van der Waals surface area (Å²) in [7, 11) is 0. The van der Waals surface area contributed by atoms with Crippen molar-refractivity contribution < 1.29 is 4.79 Å². The second-order valence-corrected chi connectivity index (χ2v) is 4.94. The van der Waals surface area contributed by atoms with Gasteiger partial charge in [0.1, 0.15) is 0 Å². The number of rotatable bonds is 5. The maximum Gasteiger partial charge on any atom is 0.223 e. The molecule has 1 unspecified atom stereocenters. The molecule has 1 saturated carbocycles. The third kappa shape index (κ3) is 4.32. The molecule has 0 radical (unpaired) electrons. The molecule has 0 aromatic rings. The minimum atomic E-state index is 0.221. The highest BCUT2D eigenvalue weighted by molar-refractivity contribution is 6.20. The molecule has 1 N–H and O–H groups in total. The van der Waals surface area contributed by atoms with Gasteiger partial charge in [0.2, 0.25) is 5.91 Å². The normalized spacial score (nSPS) is 19.6. The Morgan fingerprint density at radius 3 is 2.71 bits per heavy atom. The summed E-state index contributed by atoms with van der Waals surface area (Å²) >= 11 is 5.81. The van der Waals surface area contributed by atoms with Crippen molar-refractivity contribution in [3.05, 3.63) is 0 Å². The molecular weight excluding hydrogens is 198 g/mol. The highest BCUT2D eigenvalue weighted by atomic mass is 35.5. The van der Waals surface area contributed by atoms with Crippen molar-refractivity contribution in [2.45, 2.75) is 50.8 Å². The Hall–Kier alpha value is -0.240. The molecule has 1 amide bonds. The molecule has 0 saturated heterocycles. The van der Waals surface area contributed by atoms with Gasteiger partial charge in [0, 0.05) is 17.8 Å². The van der Waals surface area contributed by atoms with E-state index in [0.29, 0.717) is 5.92 Å². The van der Waals surface area contributed by atoms with Gasteiger partial charge in [-0.1, -0.05) is 12.8 Å². The monoisotopic (exact) mass is 217 g/mol. The first-order valence-electron chi connectivity index (χ1n) is 5.62. The summed E-state index contributed by atoms with van der Waals surface area (Å²) < 4.78 is 0. The predicted octanol–water partition coefficient (Wildman–Crippen LogP) is 2.70. The largest absolute Gasteiger partial charge is 0.356 e. The molecule has 0 heterocycles. The highest BCUT2D eigenvalue weighted by Crippen LogP contribution is 2.24. The molecule has 2 nitrogen and oxygen atoms in total. The third-order valence-corrected chi connectivity index (χ3v) is 3.02. The van der Waals surface area contributed by atoms with Gasteiger partial charge in [-0.15, -0.1) is 11.6 Å². The molecule has 14 heavy (non-hydrogen) atoms. The molecule has 0 aliphatic heterocycles. The average Bonchev–Trinajstić information content (AvgIpc) is 2.64. The summed E-state index contributed by atoms with van der Waals surface area (Å²) in [6.07, 6.45) is 6.57. The van der Waals surface area contributed by atoms with Crippen molar-refractivity contribution in [1.29, 1.82) is 0 Å². The molecule has 82 valence electrons. The first-order valence-corrected chi connectivity index (χ1v) is 6.05. The fourth-order valence-corrected chi connectivity index (χ4v) is 2.08. The summed E-state index contributed by atoms with van der Waals surface area (Å²) in [4.78, 5) is 11.5. The number of alkyl halides is 1. The van der Waals surface area contributed by atoms with E-state index in [1.165, 1.54) is 12.8 Å². The minimum absolute atomic E-state index is 0.221. The summed E-state index contributed by atoms with van der Waals surface area (Å²) in [5.74, 6) is 0.549. The maximum atomic E-state index is 11.5. The zero-order chi connectivity index (χ0) is 10.4. The number of carbonyl (C=O) groups is 1. The Morgan fingerprint density at radius 1 is 1.50 bits per heavy atom. The standard InChI is InChI=1S/C11H20ClNO/c1-9(12)5-4-8-13-11(14)10-6-2-3-7-10/h9-10H,2-8H2,1H3,(H,13,14). The molecule has 1 rings (SSSR count). The Kier molecular flexibility index (Phi) is 5.31. The number of hydrogen-bond donors (Lipinski definition) is 1. The molecule has 1 fully saturated rings. The second-order valence-electron chi connectivity index (χ2n) is 4.20. The number of carbonyl (C=O) groups excluding carboxylic acids is 1. The van der Waals surface area contributed by atoms with Gasteiger partial charge in [0.15, 0.2) is 0 Å². The van der Waals surface area contributed by atoms with Crippen LogP contribution < -0.4 is 5.32 Å². The molecule has 3 heteroatoms. The van der Waals surface area contributed by atoms with Crippen molar-refractivity contribution >= 4 is 17.5 Å². The van der Waals surface area contributed by atoms with Crippen molar-refractivity contribution in [2.75, 3.05) is 6.54 Å². The molecule has 0 bridgehead atoms. The summed E-state index contributed by atoms with van der Waals surface area (Å²) in [6.45, 7) is 2.77. The lowest BCUT2D eigenvalue weighted by molar-refractivity contribution is -0.124. The minimum Gasteiger partial charge on any atom is -0.356 e. The van der Waals surface area contributed by atoms with Gasteiger partial charge in [0.25, 0.3) is 0 Å². The van der Waals surface area contributed by atoms with Gasteiger partial charge in [-0.25, -0.2) is 0 Å². The first-order chi connectivity index (χ1) is 6.70. The van der Waals surface area contributed by atoms with E-state index in [9.17, 15) is 4.79 Å². The molecule has 0 aromatic heterocycles. The fourth-order valence-electron chi connectivity index (χ4n) is 1.93. The smallest absolute Gasteiger partial charge is 0.223 e. The van der Waals surface area contributed by atoms with Crippen LogP contribution in [0.25, 0.3) is 0 Å². The van der Waals surface area contributed by atoms with Gasteiger partial charge in [0.05, 0.1) is 0 Å². The highest BCUT2D eigenvalue weighted by Gasteiger charge is 2.21. The molecule has 0 aromatic carbocycles. The van der Waals surface area contributed by atoms with Crippen LogP contribution in [0.3, 0.4) is 0 Å². The molecule has 1 atom stereocenters. The lowest BCUT2D eigenvalue weighted by Gasteiger charge is -2.10. The van der Waals surface area contributed by atoms with E-state index in [4.69, 9.17) is 11.6 Å². The van der Waals surface area contributed by atoms with E-state index in [1.54, 1.807) is 0 Å². The van der Waals surface area contributed by atoms with Gasteiger partial charge < -0.3 is 5.32 Å². The summed E-state index contributed by atoms with van der Waals surface area (Å²) in [5.41, 5.74) is 0. The lowest BCUT2D eigenvalue weighted by atomic mass is 10.1. The van der Waals surface area contributed by atoms with Crippen molar-refractivity contribution in [2.24, 2.45) is 5.92 Å². The van der Waals surface area contributed by atoms with E-state index in [0.717, 1.165) is 32.2 Å². The molecule has 0 spiro atoms. The van der Waals surface area contributed by atoms with Gasteiger partial charge in [-0.05, 0) is 32.6 Å². The lowest BCUT2D eigenvalue weighted by Crippen LogP contribution is -2.30. The van der Waals surface area contributed by atoms with Crippen LogP contribution >= 0.6 is 11.6 Å². The third-order valence-electron chi connectivity index (χ3n) is 2.80. The Morgan fingerprint density at radius 2 is 2.14 bits per heavy atom. The molecular formula is C11H20ClNO. The van der Waals surface area contributed by atoms with Crippen LogP contribution in [0, 0.1) is 5.92 Å².